The van der Waals surface area contributed by atoms with Crippen LogP contribution in [0.25, 0.3) is 0 Å². The summed E-state index contributed by atoms with van der Waals surface area (Å²) in [6.07, 6.45) is 71.2. The van der Waals surface area contributed by atoms with Gasteiger partial charge in [-0.05, 0) is 96.3 Å². The van der Waals surface area contributed by atoms with Gasteiger partial charge >= 0.3 is 17.9 Å². The van der Waals surface area contributed by atoms with Crippen molar-refractivity contribution in [2.24, 2.45) is 0 Å². The molecule has 0 N–H and O–H groups in total. The van der Waals surface area contributed by atoms with E-state index in [-0.39, 0.29) is 50.4 Å². The third-order valence-electron chi connectivity index (χ3n) is 9.46. The lowest BCUT2D eigenvalue weighted by Gasteiger charge is -2.18. The van der Waals surface area contributed by atoms with Crippen molar-refractivity contribution < 1.29 is 28.6 Å². The lowest BCUT2D eigenvalue weighted by atomic mass is 10.1. The Morgan fingerprint density at radius 2 is 0.714 bits per heavy atom. The van der Waals surface area contributed by atoms with Crippen LogP contribution in [-0.4, -0.2) is 37.2 Å². The van der Waals surface area contributed by atoms with Gasteiger partial charge in [-0.3, -0.25) is 14.4 Å². The Bertz CT molecular complexity index is 1460. The van der Waals surface area contributed by atoms with E-state index in [0.29, 0.717) is 12.8 Å². The summed E-state index contributed by atoms with van der Waals surface area (Å²) >= 11 is 0. The standard InChI is InChI=1S/C57H86O6/c1-4-7-10-13-16-19-22-25-27-28-30-32-35-38-41-44-47-50-56(59)62-53-54(52-61-55(58)49-46-43-40-37-34-31-24-21-18-15-12-9-6-3)63-57(60)51-48-45-42-39-36-33-29-26-23-20-17-14-11-8-5-2/h7,9-10,12,15-21,23-27,30-32,34,37-38,40-41,54H,4-6,8,11,13-14,22,28-29,33,35-36,39,42-53H2,1-3H3/b10-7-,12-9-,18-15-,19-16-,20-17-,24-21-,26-23-,27-25-,32-30-,34-31-,40-37-,41-38-. The largest absolute Gasteiger partial charge is 0.462 e. The van der Waals surface area contributed by atoms with Crippen LogP contribution >= 0.6 is 0 Å². The summed E-state index contributed by atoms with van der Waals surface area (Å²) in [7, 11) is 0. The molecule has 0 saturated carbocycles. The molecule has 0 aliphatic rings. The summed E-state index contributed by atoms with van der Waals surface area (Å²) in [5.41, 5.74) is 0. The number of esters is 3. The summed E-state index contributed by atoms with van der Waals surface area (Å²) in [4.78, 5) is 37.9. The van der Waals surface area contributed by atoms with Crippen LogP contribution in [0.3, 0.4) is 0 Å². The van der Waals surface area contributed by atoms with Crippen LogP contribution in [0.2, 0.25) is 0 Å². The van der Waals surface area contributed by atoms with Crippen molar-refractivity contribution in [3.63, 3.8) is 0 Å². The molecule has 0 aromatic carbocycles. The molecule has 1 unspecified atom stereocenters. The molecule has 0 spiro atoms. The Hall–Kier alpha value is -4.71. The van der Waals surface area contributed by atoms with Gasteiger partial charge in [0.25, 0.3) is 0 Å². The fraction of sp³-hybridized carbons (Fsp3) is 0.526. The highest BCUT2D eigenvalue weighted by molar-refractivity contribution is 5.71. The maximum Gasteiger partial charge on any atom is 0.306 e. The highest BCUT2D eigenvalue weighted by atomic mass is 16.6. The molecule has 0 amide bonds. The van der Waals surface area contributed by atoms with Crippen molar-refractivity contribution in [2.75, 3.05) is 13.2 Å². The second-order valence-corrected chi connectivity index (χ2v) is 15.4. The molecule has 0 aromatic heterocycles. The monoisotopic (exact) mass is 867 g/mol. The zero-order valence-electron chi connectivity index (χ0n) is 39.8. The van der Waals surface area contributed by atoms with Crippen LogP contribution < -0.4 is 0 Å². The molecule has 0 aromatic rings. The third-order valence-corrected chi connectivity index (χ3v) is 9.46. The van der Waals surface area contributed by atoms with Crippen LogP contribution in [0.4, 0.5) is 0 Å². The summed E-state index contributed by atoms with van der Waals surface area (Å²) in [5.74, 6) is -1.10. The first kappa shape index (κ1) is 58.3. The van der Waals surface area contributed by atoms with E-state index < -0.39 is 6.10 Å². The van der Waals surface area contributed by atoms with Gasteiger partial charge in [0.1, 0.15) is 13.2 Å². The lowest BCUT2D eigenvalue weighted by molar-refractivity contribution is -0.167. The van der Waals surface area contributed by atoms with Crippen molar-refractivity contribution in [1.29, 1.82) is 0 Å². The molecule has 0 aliphatic carbocycles. The Balaban J connectivity index is 4.63. The zero-order chi connectivity index (χ0) is 45.8. The average molecular weight is 867 g/mol. The molecule has 63 heavy (non-hydrogen) atoms. The number of hydrogen-bond acceptors (Lipinski definition) is 6. The van der Waals surface area contributed by atoms with Gasteiger partial charge in [-0.25, -0.2) is 0 Å². The number of carbonyl (C=O) groups excluding carboxylic acids is 3. The Morgan fingerprint density at radius 1 is 0.349 bits per heavy atom. The average Bonchev–Trinajstić information content (AvgIpc) is 3.28. The van der Waals surface area contributed by atoms with Gasteiger partial charge in [-0.2, -0.15) is 0 Å². The molecule has 6 heteroatoms. The molecule has 0 saturated heterocycles. The van der Waals surface area contributed by atoms with E-state index in [9.17, 15) is 14.4 Å². The zero-order valence-corrected chi connectivity index (χ0v) is 39.8. The molecule has 0 heterocycles. The molecule has 0 radical (unpaired) electrons. The van der Waals surface area contributed by atoms with Crippen LogP contribution in [0.15, 0.2) is 146 Å². The molecule has 350 valence electrons. The molecule has 0 bridgehead atoms. The second-order valence-electron chi connectivity index (χ2n) is 15.4. The highest BCUT2D eigenvalue weighted by Gasteiger charge is 2.19. The van der Waals surface area contributed by atoms with Crippen molar-refractivity contribution in [1.82, 2.24) is 0 Å². The number of ether oxygens (including phenoxy) is 3. The van der Waals surface area contributed by atoms with Gasteiger partial charge in [0.15, 0.2) is 6.10 Å². The van der Waals surface area contributed by atoms with Gasteiger partial charge in [0, 0.05) is 19.3 Å². The first-order chi connectivity index (χ1) is 31.0. The maximum absolute atomic E-state index is 12.8. The van der Waals surface area contributed by atoms with Crippen LogP contribution in [-0.2, 0) is 28.6 Å². The SMILES string of the molecule is CC\C=C/C=C\C=C/C=C\C=C/CCCC(=O)OCC(COC(=O)CCC/C=C\C/C=C\C/C=C\C/C=C\C/C=C\CC)OC(=O)CCCCCCCC/C=C\C=C/CCCCC. The van der Waals surface area contributed by atoms with Crippen molar-refractivity contribution in [2.45, 2.75) is 181 Å². The first-order valence-electron chi connectivity index (χ1n) is 24.4. The van der Waals surface area contributed by atoms with E-state index >= 15 is 0 Å². The minimum atomic E-state index is -0.841. The normalized spacial score (nSPS) is 13.4. The van der Waals surface area contributed by atoms with Crippen LogP contribution in [0.1, 0.15) is 175 Å². The van der Waals surface area contributed by atoms with Crippen molar-refractivity contribution in [3.8, 4) is 0 Å². The quantitative estimate of drug-likeness (QED) is 0.0200. The summed E-state index contributed by atoms with van der Waals surface area (Å²) in [6.45, 7) is 6.19. The minimum absolute atomic E-state index is 0.141. The number of unbranched alkanes of at least 4 members (excludes halogenated alkanes) is 11. The fourth-order valence-electron chi connectivity index (χ4n) is 5.85. The number of hydrogen-bond donors (Lipinski definition) is 0. The number of rotatable bonds is 41. The van der Waals surface area contributed by atoms with Crippen molar-refractivity contribution >= 4 is 17.9 Å². The molecule has 0 fully saturated rings. The van der Waals surface area contributed by atoms with E-state index in [1.165, 1.54) is 32.1 Å². The Labute approximate surface area is 385 Å². The molecule has 0 aliphatic heterocycles. The summed E-state index contributed by atoms with van der Waals surface area (Å²) in [6, 6.07) is 0. The fourth-order valence-corrected chi connectivity index (χ4v) is 5.85. The topological polar surface area (TPSA) is 78.9 Å². The lowest BCUT2D eigenvalue weighted by Crippen LogP contribution is -2.30. The first-order valence-corrected chi connectivity index (χ1v) is 24.4. The Kier molecular flexibility index (Phi) is 46.2. The molecule has 6 nitrogen and oxygen atoms in total. The molecular formula is C57H86O6. The highest BCUT2D eigenvalue weighted by Crippen LogP contribution is 2.12. The maximum atomic E-state index is 12.8. The minimum Gasteiger partial charge on any atom is -0.462 e. The van der Waals surface area contributed by atoms with Crippen LogP contribution in [0.5, 0.6) is 0 Å². The Morgan fingerprint density at radius 3 is 1.22 bits per heavy atom. The summed E-state index contributed by atoms with van der Waals surface area (Å²) in [5, 5.41) is 0. The third kappa shape index (κ3) is 48.2. The van der Waals surface area contributed by atoms with Crippen molar-refractivity contribution in [3.05, 3.63) is 146 Å². The van der Waals surface area contributed by atoms with Crippen LogP contribution in [0, 0.1) is 0 Å². The number of allylic oxidation sites excluding steroid dienone is 24. The smallest absolute Gasteiger partial charge is 0.306 e. The van der Waals surface area contributed by atoms with E-state index in [2.05, 4.69) is 112 Å². The molecular weight excluding hydrogens is 781 g/mol. The predicted octanol–water partition coefficient (Wildman–Crippen LogP) is 16.1. The van der Waals surface area contributed by atoms with E-state index in [1.54, 1.807) is 0 Å². The van der Waals surface area contributed by atoms with E-state index in [0.717, 1.165) is 89.9 Å². The van der Waals surface area contributed by atoms with Gasteiger partial charge in [0.05, 0.1) is 0 Å². The second kappa shape index (κ2) is 49.9. The molecule has 1 atom stereocenters. The van der Waals surface area contributed by atoms with E-state index in [4.69, 9.17) is 14.2 Å². The molecule has 0 rings (SSSR count). The van der Waals surface area contributed by atoms with Gasteiger partial charge in [-0.15, -0.1) is 0 Å². The number of carbonyl (C=O) groups is 3. The van der Waals surface area contributed by atoms with E-state index in [1.807, 2.05) is 54.7 Å². The predicted molar refractivity (Wildman–Crippen MR) is 269 cm³/mol. The van der Waals surface area contributed by atoms with Gasteiger partial charge < -0.3 is 14.2 Å². The summed E-state index contributed by atoms with van der Waals surface area (Å²) < 4.78 is 16.6. The van der Waals surface area contributed by atoms with Gasteiger partial charge in [-0.1, -0.05) is 205 Å². The van der Waals surface area contributed by atoms with Gasteiger partial charge in [0.2, 0.25) is 0 Å².